The Hall–Kier alpha value is -4.11. The van der Waals surface area contributed by atoms with Crippen LogP contribution in [0, 0.1) is 0 Å². The number of hydrogen-bond donors (Lipinski definition) is 1. The van der Waals surface area contributed by atoms with Crippen LogP contribution in [-0.4, -0.2) is 11.6 Å². The maximum atomic E-state index is 11.0. The van der Waals surface area contributed by atoms with E-state index in [-0.39, 0.29) is 42.7 Å². The van der Waals surface area contributed by atoms with Crippen LogP contribution >= 0.6 is 0 Å². The summed E-state index contributed by atoms with van der Waals surface area (Å²) in [5.41, 5.74) is 1.40. The van der Waals surface area contributed by atoms with Crippen LogP contribution in [0.1, 0.15) is 11.5 Å². The smallest absolute Gasteiger partial charge is 0.460 e. The average Bonchev–Trinajstić information content (AvgIpc) is 3.36. The summed E-state index contributed by atoms with van der Waals surface area (Å²) in [5.74, 6) is -0.689. The Kier molecular flexibility index (Phi) is 6.80. The molecule has 0 bridgehead atoms. The highest BCUT2D eigenvalue weighted by Crippen LogP contribution is 2.23. The number of aliphatic hydroxyl groups is 1. The largest absolute Gasteiger partial charge is 0.519 e. The highest BCUT2D eigenvalue weighted by molar-refractivity contribution is 5.59. The van der Waals surface area contributed by atoms with Gasteiger partial charge in [0.15, 0.2) is 29.6 Å². The summed E-state index contributed by atoms with van der Waals surface area (Å²) in [6, 6.07) is 18.0. The third kappa shape index (κ3) is 5.03. The Morgan fingerprint density at radius 3 is 1.67 bits per heavy atom. The number of benzene rings is 2. The van der Waals surface area contributed by atoms with Crippen molar-refractivity contribution < 1.29 is 32.3 Å². The molecule has 154 valence electrons. The van der Waals surface area contributed by atoms with Crippen LogP contribution in [0.5, 0.6) is 0 Å². The molecule has 0 amide bonds. The van der Waals surface area contributed by atoms with Crippen molar-refractivity contribution in [2.75, 3.05) is 0 Å². The van der Waals surface area contributed by atoms with Crippen molar-refractivity contribution in [3.63, 3.8) is 0 Å². The van der Waals surface area contributed by atoms with E-state index in [4.69, 9.17) is 18.4 Å². The van der Waals surface area contributed by atoms with Crippen LogP contribution < -0.4 is 11.6 Å². The van der Waals surface area contributed by atoms with E-state index >= 15 is 0 Å². The minimum atomic E-state index is -0.816. The molecule has 0 aliphatic heterocycles. The van der Waals surface area contributed by atoms with E-state index in [0.29, 0.717) is 11.1 Å². The number of ether oxygens (including phenoxy) is 1. The Morgan fingerprint density at radius 1 is 0.733 bits per heavy atom. The lowest BCUT2D eigenvalue weighted by Crippen LogP contribution is -1.91. The first kappa shape index (κ1) is 20.6. The molecule has 2 heterocycles. The fourth-order valence-electron chi connectivity index (χ4n) is 2.54. The number of rotatable bonds is 6. The van der Waals surface area contributed by atoms with Crippen molar-refractivity contribution in [2.24, 2.45) is 0 Å². The SMILES string of the molecule is O=COCc1oc(=O)oc1-c1ccccc1.O=c1oc(CO)c(-c2ccccc2)o1. The maximum absolute atomic E-state index is 11.0. The number of hydrogen-bond acceptors (Lipinski definition) is 9. The standard InChI is InChI=1S/C11H8O5.C10H8O4/c12-7-14-6-9-10(16-11(13)15-9)8-4-2-1-3-5-8;11-6-8-9(14-10(12)13-8)7-4-2-1-3-5-7/h1-5,7H,6H2;1-5,11H,6H2. The van der Waals surface area contributed by atoms with E-state index in [9.17, 15) is 14.4 Å². The minimum Gasteiger partial charge on any atom is -0.460 e. The summed E-state index contributed by atoms with van der Waals surface area (Å²) in [7, 11) is 0. The maximum Gasteiger partial charge on any atom is 0.519 e. The van der Waals surface area contributed by atoms with Gasteiger partial charge < -0.3 is 27.5 Å². The zero-order valence-electron chi connectivity index (χ0n) is 15.5. The average molecular weight is 412 g/mol. The second kappa shape index (κ2) is 9.89. The van der Waals surface area contributed by atoms with Crippen molar-refractivity contribution in [1.29, 1.82) is 0 Å². The first-order chi connectivity index (χ1) is 14.6. The van der Waals surface area contributed by atoms with Gasteiger partial charge in [-0.05, 0) is 0 Å². The van der Waals surface area contributed by atoms with Crippen LogP contribution in [0.3, 0.4) is 0 Å². The van der Waals surface area contributed by atoms with E-state index in [1.54, 1.807) is 36.4 Å². The van der Waals surface area contributed by atoms with Gasteiger partial charge in [-0.1, -0.05) is 60.7 Å². The molecular weight excluding hydrogens is 396 g/mol. The zero-order chi connectivity index (χ0) is 21.3. The summed E-state index contributed by atoms with van der Waals surface area (Å²) in [5, 5.41) is 8.90. The quantitative estimate of drug-likeness (QED) is 0.474. The lowest BCUT2D eigenvalue weighted by atomic mass is 10.1. The van der Waals surface area contributed by atoms with Crippen molar-refractivity contribution in [2.45, 2.75) is 13.2 Å². The molecule has 2 aromatic heterocycles. The summed E-state index contributed by atoms with van der Waals surface area (Å²) in [4.78, 5) is 31.8. The lowest BCUT2D eigenvalue weighted by molar-refractivity contribution is -0.130. The fourth-order valence-corrected chi connectivity index (χ4v) is 2.54. The summed E-state index contributed by atoms with van der Waals surface area (Å²) >= 11 is 0. The second-order valence-corrected chi connectivity index (χ2v) is 5.71. The highest BCUT2D eigenvalue weighted by atomic mass is 16.6. The topological polar surface area (TPSA) is 133 Å². The predicted molar refractivity (Wildman–Crippen MR) is 102 cm³/mol. The number of aliphatic hydroxyl groups excluding tert-OH is 1. The first-order valence-electron chi connectivity index (χ1n) is 8.65. The van der Waals surface area contributed by atoms with E-state index in [0.717, 1.165) is 0 Å². The van der Waals surface area contributed by atoms with Crippen LogP contribution in [0.25, 0.3) is 22.6 Å². The van der Waals surface area contributed by atoms with Crippen molar-refractivity contribution >= 4 is 6.47 Å². The van der Waals surface area contributed by atoms with Gasteiger partial charge in [0.05, 0.1) is 0 Å². The monoisotopic (exact) mass is 412 g/mol. The second-order valence-electron chi connectivity index (χ2n) is 5.71. The molecule has 4 rings (SSSR count). The molecule has 0 fully saturated rings. The molecule has 0 radical (unpaired) electrons. The van der Waals surface area contributed by atoms with Crippen LogP contribution in [-0.2, 0) is 22.7 Å². The normalized spacial score (nSPS) is 10.2. The van der Waals surface area contributed by atoms with Gasteiger partial charge in [-0.15, -0.1) is 0 Å². The van der Waals surface area contributed by atoms with Gasteiger partial charge in [-0.3, -0.25) is 4.79 Å². The van der Waals surface area contributed by atoms with Gasteiger partial charge in [-0.2, -0.15) is 0 Å². The van der Waals surface area contributed by atoms with Gasteiger partial charge in [-0.25, -0.2) is 9.59 Å². The molecule has 0 aliphatic rings. The molecule has 1 N–H and O–H groups in total. The third-order valence-electron chi connectivity index (χ3n) is 3.79. The van der Waals surface area contributed by atoms with Gasteiger partial charge in [0, 0.05) is 11.1 Å². The summed E-state index contributed by atoms with van der Waals surface area (Å²) in [6.07, 6.45) is 0. The molecule has 9 nitrogen and oxygen atoms in total. The molecule has 0 atom stereocenters. The van der Waals surface area contributed by atoms with E-state index < -0.39 is 11.6 Å². The van der Waals surface area contributed by atoms with Crippen molar-refractivity contribution in [3.8, 4) is 22.6 Å². The van der Waals surface area contributed by atoms with Gasteiger partial charge in [0.1, 0.15) is 6.61 Å². The first-order valence-corrected chi connectivity index (χ1v) is 8.65. The highest BCUT2D eigenvalue weighted by Gasteiger charge is 2.15. The molecule has 0 spiro atoms. The Balaban J connectivity index is 0.000000172. The minimum absolute atomic E-state index is 0.126. The van der Waals surface area contributed by atoms with Crippen LogP contribution in [0.2, 0.25) is 0 Å². The molecule has 0 unspecified atom stereocenters. The summed E-state index contributed by atoms with van der Waals surface area (Å²) in [6.45, 7) is -0.197. The van der Waals surface area contributed by atoms with Gasteiger partial charge >= 0.3 is 11.6 Å². The molecule has 0 saturated heterocycles. The third-order valence-corrected chi connectivity index (χ3v) is 3.79. The Bertz CT molecular complexity index is 1180. The predicted octanol–water partition coefficient (Wildman–Crippen LogP) is 2.96. The van der Waals surface area contributed by atoms with Crippen LogP contribution in [0.15, 0.2) is 87.9 Å². The Labute approximate surface area is 168 Å². The molecule has 4 aromatic rings. The zero-order valence-corrected chi connectivity index (χ0v) is 15.5. The van der Waals surface area contributed by atoms with Gasteiger partial charge in [0.25, 0.3) is 6.47 Å². The molecule has 2 aromatic carbocycles. The number of carbonyl (C=O) groups excluding carboxylic acids is 1. The molecular formula is C21H16O9. The van der Waals surface area contributed by atoms with E-state index in [1.807, 2.05) is 24.3 Å². The molecule has 30 heavy (non-hydrogen) atoms. The fraction of sp³-hybridized carbons (Fsp3) is 0.0952. The molecule has 0 aliphatic carbocycles. The van der Waals surface area contributed by atoms with Crippen molar-refractivity contribution in [1.82, 2.24) is 0 Å². The lowest BCUT2D eigenvalue weighted by Gasteiger charge is -1.97. The van der Waals surface area contributed by atoms with Crippen molar-refractivity contribution in [3.05, 3.63) is 93.4 Å². The molecule has 0 saturated carbocycles. The number of carbonyl (C=O) groups is 1. The Morgan fingerprint density at radius 2 is 1.20 bits per heavy atom. The summed E-state index contributed by atoms with van der Waals surface area (Å²) < 4.78 is 23.6. The van der Waals surface area contributed by atoms with Gasteiger partial charge in [0.2, 0.25) is 0 Å². The van der Waals surface area contributed by atoms with E-state index in [2.05, 4.69) is 9.15 Å². The molecule has 9 heteroatoms. The van der Waals surface area contributed by atoms with E-state index in [1.165, 1.54) is 0 Å². The van der Waals surface area contributed by atoms with Crippen LogP contribution in [0.4, 0.5) is 0 Å².